The summed E-state index contributed by atoms with van der Waals surface area (Å²) in [4.78, 5) is 11.8. The summed E-state index contributed by atoms with van der Waals surface area (Å²) in [5.41, 5.74) is 3.07. The molecule has 0 amide bonds. The number of carboxylic acids is 1. The highest BCUT2D eigenvalue weighted by Crippen LogP contribution is 2.35. The van der Waals surface area contributed by atoms with Gasteiger partial charge in [-0.15, -0.1) is 0 Å². The highest BCUT2D eigenvalue weighted by Gasteiger charge is 2.25. The van der Waals surface area contributed by atoms with Gasteiger partial charge in [-0.1, -0.05) is 47.6 Å². The van der Waals surface area contributed by atoms with Crippen molar-refractivity contribution < 1.29 is 22.8 Å². The second-order valence-corrected chi connectivity index (χ2v) is 8.60. The van der Waals surface area contributed by atoms with E-state index in [0.717, 1.165) is 0 Å². The van der Waals surface area contributed by atoms with Crippen molar-refractivity contribution in [1.29, 1.82) is 0 Å². The van der Waals surface area contributed by atoms with Gasteiger partial charge in [0, 0.05) is 17.0 Å². The molecule has 0 saturated carbocycles. The molecule has 4 rings (SSSR count). The van der Waals surface area contributed by atoms with Crippen LogP contribution in [0.3, 0.4) is 0 Å². The molecule has 0 aliphatic rings. The Morgan fingerprint density at radius 2 is 1.50 bits per heavy atom. The molecule has 0 fully saturated rings. The summed E-state index contributed by atoms with van der Waals surface area (Å²) in [5.74, 6) is -1.56. The molecule has 0 atom stereocenters. The lowest BCUT2D eigenvalue weighted by Gasteiger charge is -2.11. The molecule has 2 aromatic heterocycles. The average molecular weight is 422 g/mol. The molecule has 0 radical (unpaired) electrons. The Bertz CT molecular complexity index is 1310. The molecule has 0 spiro atoms. The van der Waals surface area contributed by atoms with Gasteiger partial charge in [0.1, 0.15) is 5.69 Å². The van der Waals surface area contributed by atoms with Crippen molar-refractivity contribution in [2.24, 2.45) is 0 Å². The van der Waals surface area contributed by atoms with Crippen molar-refractivity contribution in [3.05, 3.63) is 83.9 Å². The van der Waals surface area contributed by atoms with E-state index in [4.69, 9.17) is 4.52 Å². The number of nitrogens with zero attached hydrogens (tertiary/aromatic N) is 2. The first-order valence-electron chi connectivity index (χ1n) is 9.10. The predicted molar refractivity (Wildman–Crippen MR) is 111 cm³/mol. The standard InChI is InChI=1S/C22H18N2O5S/c1-14-8-9-15(2)24(14)30(27,28)18-12-10-16(11-13-18)19-20(17-6-4-3-5-7-17)23-29-21(19)22(25)26/h3-13H,1-2H3,(H,25,26). The number of aromatic nitrogens is 2. The van der Waals surface area contributed by atoms with Crippen LogP contribution in [0, 0.1) is 13.8 Å². The van der Waals surface area contributed by atoms with Gasteiger partial charge in [0.25, 0.3) is 15.8 Å². The zero-order chi connectivity index (χ0) is 21.5. The Kier molecular flexibility index (Phi) is 4.79. The molecule has 1 N–H and O–H groups in total. The lowest BCUT2D eigenvalue weighted by atomic mass is 9.99. The zero-order valence-corrected chi connectivity index (χ0v) is 17.1. The van der Waals surface area contributed by atoms with Crippen LogP contribution in [0.1, 0.15) is 21.9 Å². The maximum absolute atomic E-state index is 13.0. The van der Waals surface area contributed by atoms with Crippen LogP contribution in [-0.2, 0) is 10.0 Å². The lowest BCUT2D eigenvalue weighted by molar-refractivity contribution is 0.0653. The molecular weight excluding hydrogens is 404 g/mol. The minimum absolute atomic E-state index is 0.100. The number of hydrogen-bond donors (Lipinski definition) is 1. The molecule has 30 heavy (non-hydrogen) atoms. The van der Waals surface area contributed by atoms with Crippen LogP contribution in [-0.4, -0.2) is 28.6 Å². The molecule has 0 aliphatic heterocycles. The fourth-order valence-electron chi connectivity index (χ4n) is 3.43. The fraction of sp³-hybridized carbons (Fsp3) is 0.0909. The predicted octanol–water partition coefficient (Wildman–Crippen LogP) is 4.36. The largest absolute Gasteiger partial charge is 0.475 e. The quantitative estimate of drug-likeness (QED) is 0.513. The van der Waals surface area contributed by atoms with Gasteiger partial charge >= 0.3 is 5.97 Å². The third-order valence-corrected chi connectivity index (χ3v) is 6.75. The van der Waals surface area contributed by atoms with E-state index >= 15 is 0 Å². The summed E-state index contributed by atoms with van der Waals surface area (Å²) < 4.78 is 32.4. The first kappa shape index (κ1) is 19.7. The monoisotopic (exact) mass is 422 g/mol. The van der Waals surface area contributed by atoms with E-state index < -0.39 is 16.0 Å². The van der Waals surface area contributed by atoms with Crippen LogP contribution in [0.25, 0.3) is 22.4 Å². The molecular formula is C22H18N2O5S. The topological polar surface area (TPSA) is 102 Å². The second kappa shape index (κ2) is 7.31. The number of aryl methyl sites for hydroxylation is 2. The third kappa shape index (κ3) is 3.21. The minimum atomic E-state index is -3.77. The first-order chi connectivity index (χ1) is 14.3. The van der Waals surface area contributed by atoms with Gasteiger partial charge in [-0.2, -0.15) is 0 Å². The van der Waals surface area contributed by atoms with E-state index in [2.05, 4.69) is 5.16 Å². The molecule has 2 aromatic carbocycles. The van der Waals surface area contributed by atoms with Gasteiger partial charge < -0.3 is 9.63 Å². The van der Waals surface area contributed by atoms with E-state index in [1.54, 1.807) is 50.2 Å². The fourth-order valence-corrected chi connectivity index (χ4v) is 5.00. The van der Waals surface area contributed by atoms with E-state index in [-0.39, 0.29) is 10.7 Å². The summed E-state index contributed by atoms with van der Waals surface area (Å²) in [6.45, 7) is 3.45. The van der Waals surface area contributed by atoms with E-state index in [1.807, 2.05) is 18.2 Å². The molecule has 152 valence electrons. The number of carboxylic acid groups (broad SMARTS) is 1. The Labute approximate surface area is 173 Å². The van der Waals surface area contributed by atoms with Crippen LogP contribution in [0.5, 0.6) is 0 Å². The summed E-state index contributed by atoms with van der Waals surface area (Å²) in [6, 6.07) is 18.6. The van der Waals surface area contributed by atoms with Gasteiger partial charge in [-0.05, 0) is 43.7 Å². The highest BCUT2D eigenvalue weighted by molar-refractivity contribution is 7.90. The summed E-state index contributed by atoms with van der Waals surface area (Å²) in [5, 5.41) is 13.5. The van der Waals surface area contributed by atoms with Gasteiger partial charge in [-0.3, -0.25) is 0 Å². The molecule has 7 nitrogen and oxygen atoms in total. The Hall–Kier alpha value is -3.65. The zero-order valence-electron chi connectivity index (χ0n) is 16.2. The van der Waals surface area contributed by atoms with E-state index in [9.17, 15) is 18.3 Å². The number of carbonyl (C=O) groups is 1. The van der Waals surface area contributed by atoms with Crippen LogP contribution >= 0.6 is 0 Å². The molecule has 0 bridgehead atoms. The molecule has 4 aromatic rings. The van der Waals surface area contributed by atoms with E-state index in [1.165, 1.54) is 16.1 Å². The lowest BCUT2D eigenvalue weighted by Crippen LogP contribution is -2.15. The Balaban J connectivity index is 1.83. The summed E-state index contributed by atoms with van der Waals surface area (Å²) >= 11 is 0. The summed E-state index contributed by atoms with van der Waals surface area (Å²) in [7, 11) is -3.77. The Morgan fingerprint density at radius 1 is 0.900 bits per heavy atom. The van der Waals surface area contributed by atoms with Crippen molar-refractivity contribution in [3.8, 4) is 22.4 Å². The molecule has 8 heteroatoms. The van der Waals surface area contributed by atoms with E-state index in [0.29, 0.717) is 33.8 Å². The number of aromatic carboxylic acids is 1. The highest BCUT2D eigenvalue weighted by atomic mass is 32.2. The molecule has 0 aliphatic carbocycles. The van der Waals surface area contributed by atoms with Crippen molar-refractivity contribution in [1.82, 2.24) is 9.13 Å². The second-order valence-electron chi connectivity index (χ2n) is 6.82. The van der Waals surface area contributed by atoms with Gasteiger partial charge in [0.2, 0.25) is 0 Å². The van der Waals surface area contributed by atoms with Crippen LogP contribution < -0.4 is 0 Å². The minimum Gasteiger partial charge on any atom is -0.475 e. The average Bonchev–Trinajstić information content (AvgIpc) is 3.32. The smallest absolute Gasteiger partial charge is 0.375 e. The molecule has 2 heterocycles. The van der Waals surface area contributed by atoms with Gasteiger partial charge in [-0.25, -0.2) is 17.2 Å². The van der Waals surface area contributed by atoms with Crippen molar-refractivity contribution in [3.63, 3.8) is 0 Å². The normalized spacial score (nSPS) is 11.5. The van der Waals surface area contributed by atoms with Crippen molar-refractivity contribution in [2.75, 3.05) is 0 Å². The van der Waals surface area contributed by atoms with Crippen molar-refractivity contribution >= 4 is 16.0 Å². The maximum atomic E-state index is 13.0. The SMILES string of the molecule is Cc1ccc(C)n1S(=O)(=O)c1ccc(-c2c(-c3ccccc3)noc2C(=O)O)cc1. The first-order valence-corrected chi connectivity index (χ1v) is 10.5. The van der Waals surface area contributed by atoms with Crippen LogP contribution in [0.15, 0.2) is 76.1 Å². The van der Waals surface area contributed by atoms with Crippen molar-refractivity contribution in [2.45, 2.75) is 18.7 Å². The van der Waals surface area contributed by atoms with Crippen LogP contribution in [0.2, 0.25) is 0 Å². The third-order valence-electron chi connectivity index (χ3n) is 4.82. The number of benzene rings is 2. The number of rotatable bonds is 5. The molecule has 0 unspecified atom stereocenters. The Morgan fingerprint density at radius 3 is 2.07 bits per heavy atom. The maximum Gasteiger partial charge on any atom is 0.375 e. The van der Waals surface area contributed by atoms with Crippen LogP contribution in [0.4, 0.5) is 0 Å². The number of hydrogen-bond acceptors (Lipinski definition) is 5. The van der Waals surface area contributed by atoms with Gasteiger partial charge in [0.15, 0.2) is 0 Å². The molecule has 0 saturated heterocycles. The van der Waals surface area contributed by atoms with Gasteiger partial charge in [0.05, 0.1) is 10.5 Å². The summed E-state index contributed by atoms with van der Waals surface area (Å²) in [6.07, 6.45) is 0.